The first-order valence-corrected chi connectivity index (χ1v) is 8.36. The number of para-hydroxylation sites is 2. The molecule has 142 valence electrons. The molecule has 27 heavy (non-hydrogen) atoms. The molecule has 2 aromatic carbocycles. The summed E-state index contributed by atoms with van der Waals surface area (Å²) in [5.41, 5.74) is -0.464. The van der Waals surface area contributed by atoms with Crippen LogP contribution in [0.1, 0.15) is 37.0 Å². The summed E-state index contributed by atoms with van der Waals surface area (Å²) in [5.74, 6) is 0. The summed E-state index contributed by atoms with van der Waals surface area (Å²) in [7, 11) is 0. The van der Waals surface area contributed by atoms with Crippen LogP contribution in [0.15, 0.2) is 48.5 Å². The summed E-state index contributed by atoms with van der Waals surface area (Å²) >= 11 is 0. The average Bonchev–Trinajstić information content (AvgIpc) is 2.66. The van der Waals surface area contributed by atoms with Gasteiger partial charge in [-0.05, 0) is 18.6 Å². The van der Waals surface area contributed by atoms with Gasteiger partial charge in [0, 0.05) is 18.7 Å². The maximum atomic E-state index is 12.2. The van der Waals surface area contributed by atoms with Gasteiger partial charge in [-0.1, -0.05) is 37.6 Å². The van der Waals surface area contributed by atoms with E-state index in [0.29, 0.717) is 6.54 Å². The van der Waals surface area contributed by atoms with Crippen molar-refractivity contribution in [1.29, 1.82) is 0 Å². The van der Waals surface area contributed by atoms with E-state index in [1.165, 1.54) is 36.4 Å². The fourth-order valence-electron chi connectivity index (χ4n) is 2.56. The van der Waals surface area contributed by atoms with E-state index in [4.69, 9.17) is 4.74 Å². The van der Waals surface area contributed by atoms with Gasteiger partial charge in [0.1, 0.15) is 0 Å². The Bertz CT molecular complexity index is 782. The quantitative estimate of drug-likeness (QED) is 0.421. The van der Waals surface area contributed by atoms with Crippen LogP contribution in [0.4, 0.5) is 16.2 Å². The Hall–Kier alpha value is -3.49. The molecule has 2 aromatic rings. The Morgan fingerprint density at radius 1 is 1.00 bits per heavy atom. The molecule has 9 nitrogen and oxygen atoms in total. The zero-order valence-corrected chi connectivity index (χ0v) is 14.7. The second-order valence-electron chi connectivity index (χ2n) is 5.70. The minimum atomic E-state index is -1.30. The van der Waals surface area contributed by atoms with Crippen molar-refractivity contribution in [3.05, 3.63) is 79.9 Å². The molecular weight excluding hydrogens is 354 g/mol. The van der Waals surface area contributed by atoms with Crippen LogP contribution in [0.25, 0.3) is 0 Å². The molecule has 0 aromatic heterocycles. The number of hydrogen-bond donors (Lipinski definition) is 1. The standard InChI is InChI=1S/C18H19N3O6/c1-2-3-12-19-18(22)27-17(13-8-4-6-10-15(13)20(23)24)14-9-5-7-11-16(14)21(25)26/h4-11,17H,2-3,12H2,1H3,(H,19,22). The second kappa shape index (κ2) is 9.27. The Morgan fingerprint density at radius 2 is 1.48 bits per heavy atom. The number of nitrogens with zero attached hydrogens (tertiary/aromatic N) is 2. The lowest BCUT2D eigenvalue weighted by Gasteiger charge is -2.19. The SMILES string of the molecule is CCCCNC(=O)OC(c1ccccc1[N+](=O)[O-])c1ccccc1[N+](=O)[O-]. The molecule has 0 fully saturated rings. The number of unbranched alkanes of at least 4 members (excludes halogenated alkanes) is 1. The van der Waals surface area contributed by atoms with Crippen LogP contribution in [0.3, 0.4) is 0 Å². The zero-order valence-electron chi connectivity index (χ0n) is 14.7. The normalized spacial score (nSPS) is 10.4. The molecule has 0 saturated carbocycles. The summed E-state index contributed by atoms with van der Waals surface area (Å²) in [6.45, 7) is 2.33. The summed E-state index contributed by atoms with van der Waals surface area (Å²) in [6, 6.07) is 11.4. The average molecular weight is 373 g/mol. The predicted molar refractivity (Wildman–Crippen MR) is 97.4 cm³/mol. The van der Waals surface area contributed by atoms with E-state index in [9.17, 15) is 25.0 Å². The molecule has 0 aliphatic carbocycles. The number of nitro groups is 2. The lowest BCUT2D eigenvalue weighted by Crippen LogP contribution is -2.27. The van der Waals surface area contributed by atoms with Gasteiger partial charge in [0.05, 0.1) is 21.0 Å². The summed E-state index contributed by atoms with van der Waals surface area (Å²) in [5, 5.41) is 25.3. The lowest BCUT2D eigenvalue weighted by molar-refractivity contribution is -0.387. The molecule has 2 rings (SSSR count). The number of alkyl carbamates (subject to hydrolysis) is 1. The third kappa shape index (κ3) is 5.00. The van der Waals surface area contributed by atoms with E-state index in [1.54, 1.807) is 12.1 Å². The molecule has 0 aliphatic heterocycles. The molecule has 1 amide bonds. The molecule has 0 bridgehead atoms. The van der Waals surface area contributed by atoms with Gasteiger partial charge in [-0.25, -0.2) is 4.79 Å². The van der Waals surface area contributed by atoms with Crippen LogP contribution >= 0.6 is 0 Å². The number of rotatable bonds is 8. The molecule has 0 heterocycles. The lowest BCUT2D eigenvalue weighted by atomic mass is 9.98. The number of amides is 1. The molecule has 0 saturated heterocycles. The van der Waals surface area contributed by atoms with Crippen molar-refractivity contribution in [3.8, 4) is 0 Å². The van der Waals surface area contributed by atoms with Gasteiger partial charge in [0.25, 0.3) is 11.4 Å². The Labute approximate surface area is 155 Å². The van der Waals surface area contributed by atoms with Crippen molar-refractivity contribution in [1.82, 2.24) is 5.32 Å². The number of carbonyl (C=O) groups is 1. The predicted octanol–water partition coefficient (Wildman–Crippen LogP) is 4.12. The first kappa shape index (κ1) is 19.8. The van der Waals surface area contributed by atoms with Gasteiger partial charge in [-0.2, -0.15) is 0 Å². The molecule has 0 radical (unpaired) electrons. The summed E-state index contributed by atoms with van der Waals surface area (Å²) in [4.78, 5) is 33.7. The number of nitrogens with one attached hydrogen (secondary N) is 1. The highest BCUT2D eigenvalue weighted by atomic mass is 16.6. The van der Waals surface area contributed by atoms with E-state index in [1.807, 2.05) is 6.92 Å². The van der Waals surface area contributed by atoms with Gasteiger partial charge in [-0.3, -0.25) is 20.2 Å². The highest BCUT2D eigenvalue weighted by Gasteiger charge is 2.31. The Balaban J connectivity index is 2.49. The third-order valence-corrected chi connectivity index (χ3v) is 3.86. The van der Waals surface area contributed by atoms with Crippen LogP contribution < -0.4 is 5.32 Å². The van der Waals surface area contributed by atoms with Crippen LogP contribution in [0.2, 0.25) is 0 Å². The van der Waals surface area contributed by atoms with Crippen LogP contribution in [-0.2, 0) is 4.74 Å². The first-order chi connectivity index (χ1) is 13.0. The smallest absolute Gasteiger partial charge is 0.408 e. The minimum Gasteiger partial charge on any atom is -0.436 e. The van der Waals surface area contributed by atoms with Crippen molar-refractivity contribution in [2.75, 3.05) is 6.54 Å². The number of nitro benzene ring substituents is 2. The maximum Gasteiger partial charge on any atom is 0.408 e. The van der Waals surface area contributed by atoms with Crippen molar-refractivity contribution < 1.29 is 19.4 Å². The third-order valence-electron chi connectivity index (χ3n) is 3.86. The van der Waals surface area contributed by atoms with Gasteiger partial charge in [0.15, 0.2) is 6.10 Å². The largest absolute Gasteiger partial charge is 0.436 e. The van der Waals surface area contributed by atoms with Crippen LogP contribution in [0, 0.1) is 20.2 Å². The molecule has 0 atom stereocenters. The van der Waals surface area contributed by atoms with E-state index >= 15 is 0 Å². The molecule has 1 N–H and O–H groups in total. The second-order valence-corrected chi connectivity index (χ2v) is 5.70. The number of benzene rings is 2. The summed E-state index contributed by atoms with van der Waals surface area (Å²) < 4.78 is 5.39. The minimum absolute atomic E-state index is 0.0578. The molecule has 9 heteroatoms. The van der Waals surface area contributed by atoms with Crippen LogP contribution in [-0.4, -0.2) is 22.5 Å². The monoisotopic (exact) mass is 373 g/mol. The molecule has 0 spiro atoms. The maximum absolute atomic E-state index is 12.2. The summed E-state index contributed by atoms with van der Waals surface area (Å²) in [6.07, 6.45) is -0.506. The fourth-order valence-corrected chi connectivity index (χ4v) is 2.56. The Morgan fingerprint density at radius 3 is 1.93 bits per heavy atom. The van der Waals surface area contributed by atoms with Crippen LogP contribution in [0.5, 0.6) is 0 Å². The van der Waals surface area contributed by atoms with E-state index < -0.39 is 22.0 Å². The van der Waals surface area contributed by atoms with E-state index in [2.05, 4.69) is 5.32 Å². The number of carbonyl (C=O) groups excluding carboxylic acids is 1. The molecule has 0 unspecified atom stereocenters. The topological polar surface area (TPSA) is 125 Å². The van der Waals surface area contributed by atoms with Gasteiger partial charge < -0.3 is 10.1 Å². The van der Waals surface area contributed by atoms with Crippen molar-refractivity contribution in [2.45, 2.75) is 25.9 Å². The number of hydrogen-bond acceptors (Lipinski definition) is 6. The molecule has 0 aliphatic rings. The highest BCUT2D eigenvalue weighted by molar-refractivity contribution is 5.68. The Kier molecular flexibility index (Phi) is 6.81. The van der Waals surface area contributed by atoms with Crippen molar-refractivity contribution in [3.63, 3.8) is 0 Å². The van der Waals surface area contributed by atoms with Crippen molar-refractivity contribution >= 4 is 17.5 Å². The van der Waals surface area contributed by atoms with Crippen molar-refractivity contribution in [2.24, 2.45) is 0 Å². The number of ether oxygens (including phenoxy) is 1. The van der Waals surface area contributed by atoms with Gasteiger partial charge in [-0.15, -0.1) is 0 Å². The fraction of sp³-hybridized carbons (Fsp3) is 0.278. The van der Waals surface area contributed by atoms with Gasteiger partial charge >= 0.3 is 6.09 Å². The molecular formula is C18H19N3O6. The van der Waals surface area contributed by atoms with E-state index in [-0.39, 0.29) is 22.5 Å². The highest BCUT2D eigenvalue weighted by Crippen LogP contribution is 2.37. The van der Waals surface area contributed by atoms with E-state index in [0.717, 1.165) is 12.8 Å². The van der Waals surface area contributed by atoms with Gasteiger partial charge in [0.2, 0.25) is 0 Å². The first-order valence-electron chi connectivity index (χ1n) is 8.36. The zero-order chi connectivity index (χ0) is 19.8.